The minimum atomic E-state index is 0.518. The summed E-state index contributed by atoms with van der Waals surface area (Å²) in [5, 5.41) is 7.06. The number of rotatable bonds is 16. The normalized spacial score (nSPS) is 12.0. The summed E-state index contributed by atoms with van der Waals surface area (Å²) in [4.78, 5) is 0. The molecule has 0 bridgehead atoms. The van der Waals surface area contributed by atoms with E-state index in [1.807, 2.05) is 0 Å². The first-order chi connectivity index (χ1) is 13.4. The number of nitrogens with one attached hydrogen (secondary N) is 2. The van der Waals surface area contributed by atoms with Crippen LogP contribution in [-0.2, 0) is 6.42 Å². The van der Waals surface area contributed by atoms with Crippen molar-refractivity contribution in [1.82, 2.24) is 10.6 Å². The van der Waals surface area contributed by atoms with Gasteiger partial charge in [-0.15, -0.1) is 0 Å². The van der Waals surface area contributed by atoms with Gasteiger partial charge >= 0.3 is 0 Å². The van der Waals surface area contributed by atoms with Crippen molar-refractivity contribution in [2.45, 2.75) is 84.6 Å². The number of unbranched alkanes of at least 4 members (excludes halogenated alkanes) is 2. The number of benzene rings is 1. The Balaban J connectivity index is 1.98. The van der Waals surface area contributed by atoms with E-state index in [4.69, 9.17) is 0 Å². The summed E-state index contributed by atoms with van der Waals surface area (Å²) in [6, 6.07) is 9.38. The highest BCUT2D eigenvalue weighted by molar-refractivity contribution is 14.1. The molecule has 1 rings (SSSR count). The van der Waals surface area contributed by atoms with Crippen molar-refractivity contribution in [2.24, 2.45) is 5.92 Å². The molecule has 1 aromatic carbocycles. The maximum absolute atomic E-state index is 4.18. The zero-order valence-electron chi connectivity index (χ0n) is 18.3. The highest BCUT2D eigenvalue weighted by atomic mass is 127. The molecule has 0 spiro atoms. The van der Waals surface area contributed by atoms with Gasteiger partial charge in [0.05, 0.1) is 0 Å². The molecule has 3 heteroatoms. The van der Waals surface area contributed by atoms with Crippen LogP contribution in [0.5, 0.6) is 0 Å². The molecule has 158 valence electrons. The van der Waals surface area contributed by atoms with Crippen LogP contribution in [0.1, 0.15) is 77.7 Å². The first-order valence-corrected chi connectivity index (χ1v) is 12.0. The molecule has 0 saturated heterocycles. The van der Waals surface area contributed by atoms with Crippen LogP contribution in [0, 0.1) is 9.49 Å². The van der Waals surface area contributed by atoms with Crippen molar-refractivity contribution >= 4 is 22.6 Å². The molecule has 0 heterocycles. The summed E-state index contributed by atoms with van der Waals surface area (Å²) >= 11 is 2.36. The molecule has 0 aliphatic rings. The lowest BCUT2D eigenvalue weighted by Crippen LogP contribution is -2.25. The van der Waals surface area contributed by atoms with Crippen LogP contribution < -0.4 is 10.6 Å². The van der Waals surface area contributed by atoms with Crippen LogP contribution >= 0.6 is 22.6 Å². The van der Waals surface area contributed by atoms with E-state index in [0.717, 1.165) is 31.7 Å². The Bertz CT molecular complexity index is 562. The zero-order valence-corrected chi connectivity index (χ0v) is 20.5. The fourth-order valence-corrected chi connectivity index (χ4v) is 3.56. The van der Waals surface area contributed by atoms with E-state index in [0.29, 0.717) is 6.04 Å². The summed E-state index contributed by atoms with van der Waals surface area (Å²) in [7, 11) is 0. The first-order valence-electron chi connectivity index (χ1n) is 11.0. The van der Waals surface area contributed by atoms with Crippen LogP contribution in [0.4, 0.5) is 0 Å². The summed E-state index contributed by atoms with van der Waals surface area (Å²) in [5.74, 6) is 0.746. The number of halogens is 1. The Morgan fingerprint density at radius 1 is 0.893 bits per heavy atom. The third-order valence-electron chi connectivity index (χ3n) is 5.02. The van der Waals surface area contributed by atoms with E-state index < -0.39 is 0 Å². The minimum Gasteiger partial charge on any atom is -0.389 e. The standard InChI is InChI=1S/C25H41IN2/c1-20(2)13-14-23(5)28-22(4)11-8-9-19-27-21(3)10-6-7-12-24-15-17-25(26)18-16-24/h15-18,20,22,27-28H,3,5-14,19H2,1-2,4H3/t22-/m1/s1. The molecule has 0 aliphatic carbocycles. The average Bonchev–Trinajstić information content (AvgIpc) is 2.64. The SMILES string of the molecule is C=C(CCCCc1ccc(I)cc1)NCCCC[C@@H](C)NC(=C)CCC(C)C. The Hall–Kier alpha value is -0.970. The van der Waals surface area contributed by atoms with Gasteiger partial charge in [-0.2, -0.15) is 0 Å². The third kappa shape index (κ3) is 13.2. The molecule has 0 saturated carbocycles. The second kappa shape index (κ2) is 14.9. The summed E-state index contributed by atoms with van der Waals surface area (Å²) in [5.41, 5.74) is 3.82. The molecule has 0 radical (unpaired) electrons. The predicted octanol–water partition coefficient (Wildman–Crippen LogP) is 7.21. The smallest absolute Gasteiger partial charge is 0.0229 e. The van der Waals surface area contributed by atoms with Crippen LogP contribution in [0.15, 0.2) is 48.8 Å². The number of hydrogen-bond acceptors (Lipinski definition) is 2. The van der Waals surface area contributed by atoms with E-state index >= 15 is 0 Å². The van der Waals surface area contributed by atoms with Crippen molar-refractivity contribution in [2.75, 3.05) is 6.54 Å². The topological polar surface area (TPSA) is 24.1 Å². The lowest BCUT2D eigenvalue weighted by atomic mass is 10.1. The summed E-state index contributed by atoms with van der Waals surface area (Å²) in [6.07, 6.45) is 10.6. The number of hydrogen-bond donors (Lipinski definition) is 2. The fourth-order valence-electron chi connectivity index (χ4n) is 3.20. The Labute approximate surface area is 187 Å². The van der Waals surface area contributed by atoms with Gasteiger partial charge in [-0.05, 0) is 111 Å². The molecule has 0 aliphatic heterocycles. The van der Waals surface area contributed by atoms with Crippen molar-refractivity contribution in [3.8, 4) is 0 Å². The quantitative estimate of drug-likeness (QED) is 0.187. The van der Waals surface area contributed by atoms with Crippen molar-refractivity contribution in [3.05, 3.63) is 58.0 Å². The van der Waals surface area contributed by atoms with Crippen LogP contribution in [0.3, 0.4) is 0 Å². The lowest BCUT2D eigenvalue weighted by Gasteiger charge is -2.18. The number of aryl methyl sites for hydroxylation is 1. The lowest BCUT2D eigenvalue weighted by molar-refractivity contribution is 0.499. The molecule has 28 heavy (non-hydrogen) atoms. The molecule has 1 aromatic rings. The Kier molecular flexibility index (Phi) is 13.4. The Morgan fingerprint density at radius 3 is 2.29 bits per heavy atom. The van der Waals surface area contributed by atoms with Gasteiger partial charge in [0.15, 0.2) is 0 Å². The first kappa shape index (κ1) is 25.1. The molecule has 2 nitrogen and oxygen atoms in total. The maximum Gasteiger partial charge on any atom is 0.0229 e. The fraction of sp³-hybridized carbons (Fsp3) is 0.600. The molecule has 2 N–H and O–H groups in total. The monoisotopic (exact) mass is 496 g/mol. The molecule has 0 amide bonds. The van der Waals surface area contributed by atoms with E-state index in [-0.39, 0.29) is 0 Å². The second-order valence-electron chi connectivity index (χ2n) is 8.44. The summed E-state index contributed by atoms with van der Waals surface area (Å²) < 4.78 is 1.31. The van der Waals surface area contributed by atoms with Gasteiger partial charge in [-0.25, -0.2) is 0 Å². The molecule has 0 aromatic heterocycles. The molecular formula is C25H41IN2. The Morgan fingerprint density at radius 2 is 1.61 bits per heavy atom. The molecule has 0 unspecified atom stereocenters. The van der Waals surface area contributed by atoms with Gasteiger partial charge in [0.2, 0.25) is 0 Å². The highest BCUT2D eigenvalue weighted by Gasteiger charge is 2.04. The minimum absolute atomic E-state index is 0.518. The zero-order chi connectivity index (χ0) is 20.8. The molecular weight excluding hydrogens is 455 g/mol. The summed E-state index contributed by atoms with van der Waals surface area (Å²) in [6.45, 7) is 16.2. The molecule has 0 fully saturated rings. The van der Waals surface area contributed by atoms with Crippen molar-refractivity contribution in [1.29, 1.82) is 0 Å². The largest absolute Gasteiger partial charge is 0.389 e. The van der Waals surface area contributed by atoms with Gasteiger partial charge in [0, 0.05) is 27.6 Å². The maximum atomic E-state index is 4.18. The van der Waals surface area contributed by atoms with Gasteiger partial charge in [-0.1, -0.05) is 39.1 Å². The van der Waals surface area contributed by atoms with Crippen molar-refractivity contribution < 1.29 is 0 Å². The van der Waals surface area contributed by atoms with Crippen LogP contribution in [0.25, 0.3) is 0 Å². The number of allylic oxidation sites excluding steroid dienone is 2. The van der Waals surface area contributed by atoms with E-state index in [1.165, 1.54) is 59.1 Å². The van der Waals surface area contributed by atoms with Gasteiger partial charge < -0.3 is 10.6 Å². The average molecular weight is 497 g/mol. The molecule has 1 atom stereocenters. The predicted molar refractivity (Wildman–Crippen MR) is 134 cm³/mol. The van der Waals surface area contributed by atoms with Gasteiger partial charge in [0.25, 0.3) is 0 Å². The van der Waals surface area contributed by atoms with E-state index in [9.17, 15) is 0 Å². The van der Waals surface area contributed by atoms with Crippen molar-refractivity contribution in [3.63, 3.8) is 0 Å². The van der Waals surface area contributed by atoms with Crippen LogP contribution in [0.2, 0.25) is 0 Å². The third-order valence-corrected chi connectivity index (χ3v) is 5.74. The van der Waals surface area contributed by atoms with Gasteiger partial charge in [0.1, 0.15) is 0 Å². The van der Waals surface area contributed by atoms with Gasteiger partial charge in [-0.3, -0.25) is 0 Å². The van der Waals surface area contributed by atoms with E-state index in [2.05, 4.69) is 91.4 Å². The second-order valence-corrected chi connectivity index (χ2v) is 9.69. The highest BCUT2D eigenvalue weighted by Crippen LogP contribution is 2.12. The van der Waals surface area contributed by atoms with E-state index in [1.54, 1.807) is 0 Å². The van der Waals surface area contributed by atoms with Crippen LogP contribution in [-0.4, -0.2) is 12.6 Å².